The van der Waals surface area contributed by atoms with E-state index in [0.717, 1.165) is 17.7 Å². The van der Waals surface area contributed by atoms with Crippen molar-refractivity contribution >= 4 is 0 Å². The van der Waals surface area contributed by atoms with Gasteiger partial charge in [0.05, 0.1) is 18.3 Å². The molecule has 1 N–H and O–H groups in total. The van der Waals surface area contributed by atoms with Crippen molar-refractivity contribution in [3.05, 3.63) is 65.7 Å². The van der Waals surface area contributed by atoms with Gasteiger partial charge in [-0.3, -0.25) is 4.90 Å². The molecule has 8 heteroatoms. The van der Waals surface area contributed by atoms with Crippen molar-refractivity contribution in [2.45, 2.75) is 32.5 Å². The molecule has 0 saturated carbocycles. The van der Waals surface area contributed by atoms with Gasteiger partial charge >= 0.3 is 0 Å². The molecule has 0 amide bonds. The Morgan fingerprint density at radius 3 is 2.56 bits per heavy atom. The SMILES string of the molecule is C#CCOCC(O)CN(Cc1c(-c2ccccc2)nn(C)c1Oc1ccc(F)cc1F)C(C)C. The van der Waals surface area contributed by atoms with Gasteiger partial charge in [-0.15, -0.1) is 6.42 Å². The summed E-state index contributed by atoms with van der Waals surface area (Å²) in [6, 6.07) is 12.8. The lowest BCUT2D eigenvalue weighted by molar-refractivity contribution is 0.0191. The highest BCUT2D eigenvalue weighted by Gasteiger charge is 2.25. The number of halogens is 2. The van der Waals surface area contributed by atoms with Crippen LogP contribution in [0.5, 0.6) is 11.6 Å². The predicted octanol–water partition coefficient (Wildman–Crippen LogP) is 4.38. The quantitative estimate of drug-likeness (QED) is 0.334. The lowest BCUT2D eigenvalue weighted by Crippen LogP contribution is -2.39. The average Bonchev–Trinajstić information content (AvgIpc) is 3.11. The maximum atomic E-state index is 14.4. The van der Waals surface area contributed by atoms with E-state index in [1.807, 2.05) is 49.1 Å². The topological polar surface area (TPSA) is 59.8 Å². The minimum atomic E-state index is -0.810. The largest absolute Gasteiger partial charge is 0.436 e. The maximum absolute atomic E-state index is 14.4. The maximum Gasteiger partial charge on any atom is 0.222 e. The van der Waals surface area contributed by atoms with Crippen molar-refractivity contribution in [3.63, 3.8) is 0 Å². The predicted molar refractivity (Wildman–Crippen MR) is 126 cm³/mol. The molecule has 0 fully saturated rings. The Morgan fingerprint density at radius 2 is 1.91 bits per heavy atom. The Bertz CT molecular complexity index is 1130. The zero-order chi connectivity index (χ0) is 24.7. The third-order valence-electron chi connectivity index (χ3n) is 5.27. The number of hydrogen-bond donors (Lipinski definition) is 1. The first-order chi connectivity index (χ1) is 16.3. The molecule has 0 spiro atoms. The van der Waals surface area contributed by atoms with Gasteiger partial charge in [-0.25, -0.2) is 13.5 Å². The third-order valence-corrected chi connectivity index (χ3v) is 5.27. The first-order valence-electron chi connectivity index (χ1n) is 11.0. The molecular formula is C26H29F2N3O3. The van der Waals surface area contributed by atoms with Crippen LogP contribution in [-0.2, 0) is 18.3 Å². The molecule has 0 bridgehead atoms. The van der Waals surface area contributed by atoms with Gasteiger partial charge in [0.25, 0.3) is 0 Å². The van der Waals surface area contributed by atoms with Crippen molar-refractivity contribution in [1.82, 2.24) is 14.7 Å². The van der Waals surface area contributed by atoms with Crippen LogP contribution in [0.2, 0.25) is 0 Å². The summed E-state index contributed by atoms with van der Waals surface area (Å²) in [5, 5.41) is 15.1. The number of nitrogens with zero attached hydrogens (tertiary/aromatic N) is 3. The number of aliphatic hydroxyl groups is 1. The second kappa shape index (κ2) is 11.7. The van der Waals surface area contributed by atoms with E-state index in [2.05, 4.69) is 11.0 Å². The van der Waals surface area contributed by atoms with Crippen LogP contribution in [0.1, 0.15) is 19.4 Å². The van der Waals surface area contributed by atoms with Crippen molar-refractivity contribution < 1.29 is 23.4 Å². The molecule has 1 heterocycles. The van der Waals surface area contributed by atoms with E-state index in [-0.39, 0.29) is 25.0 Å². The van der Waals surface area contributed by atoms with Crippen LogP contribution in [0.4, 0.5) is 8.78 Å². The van der Waals surface area contributed by atoms with Gasteiger partial charge in [-0.1, -0.05) is 36.3 Å². The Morgan fingerprint density at radius 1 is 1.18 bits per heavy atom. The van der Waals surface area contributed by atoms with Gasteiger partial charge in [0.1, 0.15) is 18.1 Å². The minimum Gasteiger partial charge on any atom is -0.436 e. The fraction of sp³-hybridized carbons (Fsp3) is 0.346. The highest BCUT2D eigenvalue weighted by molar-refractivity contribution is 5.65. The van der Waals surface area contributed by atoms with E-state index in [0.29, 0.717) is 30.2 Å². The van der Waals surface area contributed by atoms with Crippen LogP contribution in [0.3, 0.4) is 0 Å². The number of terminal acetylenes is 1. The molecule has 0 aliphatic carbocycles. The number of ether oxygens (including phenoxy) is 2. The van der Waals surface area contributed by atoms with E-state index in [9.17, 15) is 13.9 Å². The van der Waals surface area contributed by atoms with Crippen LogP contribution in [0.25, 0.3) is 11.3 Å². The summed E-state index contributed by atoms with van der Waals surface area (Å²) in [4.78, 5) is 2.04. The lowest BCUT2D eigenvalue weighted by atomic mass is 10.1. The molecule has 180 valence electrons. The van der Waals surface area contributed by atoms with Gasteiger partial charge in [0.15, 0.2) is 11.6 Å². The standard InChI is InChI=1S/C26H29F2N3O3/c1-5-13-33-17-21(32)15-31(18(2)3)16-22-25(19-9-7-6-8-10-19)29-30(4)26(22)34-24-12-11-20(27)14-23(24)28/h1,6-12,14,18,21,32H,13,15-17H2,2-4H3. The van der Waals surface area contributed by atoms with E-state index < -0.39 is 17.7 Å². The molecule has 2 aromatic carbocycles. The van der Waals surface area contributed by atoms with Crippen LogP contribution in [0, 0.1) is 24.0 Å². The first-order valence-corrected chi connectivity index (χ1v) is 11.0. The fourth-order valence-electron chi connectivity index (χ4n) is 3.55. The molecule has 0 saturated heterocycles. The fourth-order valence-corrected chi connectivity index (χ4v) is 3.55. The van der Waals surface area contributed by atoms with E-state index in [4.69, 9.17) is 15.9 Å². The highest BCUT2D eigenvalue weighted by atomic mass is 19.1. The molecule has 0 aliphatic rings. The smallest absolute Gasteiger partial charge is 0.222 e. The number of benzene rings is 2. The molecule has 1 atom stereocenters. The second-order valence-corrected chi connectivity index (χ2v) is 8.20. The van der Waals surface area contributed by atoms with Crippen LogP contribution >= 0.6 is 0 Å². The molecule has 6 nitrogen and oxygen atoms in total. The Kier molecular flexibility index (Phi) is 8.77. The number of aliphatic hydroxyl groups excluding tert-OH is 1. The van der Waals surface area contributed by atoms with Crippen LogP contribution < -0.4 is 4.74 Å². The summed E-state index contributed by atoms with van der Waals surface area (Å²) in [5.41, 5.74) is 2.25. The van der Waals surface area contributed by atoms with Gasteiger partial charge in [0.2, 0.25) is 5.88 Å². The molecule has 0 aliphatic heterocycles. The molecule has 0 radical (unpaired) electrons. The summed E-state index contributed by atoms with van der Waals surface area (Å²) in [7, 11) is 1.70. The van der Waals surface area contributed by atoms with Gasteiger partial charge in [0, 0.05) is 37.8 Å². The molecule has 1 aromatic heterocycles. The van der Waals surface area contributed by atoms with Crippen molar-refractivity contribution in [3.8, 4) is 35.2 Å². The summed E-state index contributed by atoms with van der Waals surface area (Å²) >= 11 is 0. The van der Waals surface area contributed by atoms with Crippen molar-refractivity contribution in [2.24, 2.45) is 7.05 Å². The van der Waals surface area contributed by atoms with Gasteiger partial charge in [-0.05, 0) is 26.0 Å². The van der Waals surface area contributed by atoms with Crippen LogP contribution in [0.15, 0.2) is 48.5 Å². The average molecular weight is 470 g/mol. The van der Waals surface area contributed by atoms with E-state index in [1.54, 1.807) is 7.05 Å². The Labute approximate surface area is 198 Å². The Balaban J connectivity index is 1.97. The summed E-state index contributed by atoms with van der Waals surface area (Å²) in [6.07, 6.45) is 4.44. The Hall–Kier alpha value is -3.25. The van der Waals surface area contributed by atoms with Crippen molar-refractivity contribution in [1.29, 1.82) is 0 Å². The first kappa shape index (κ1) is 25.4. The monoisotopic (exact) mass is 469 g/mol. The third kappa shape index (κ3) is 6.41. The van der Waals surface area contributed by atoms with Crippen molar-refractivity contribution in [2.75, 3.05) is 19.8 Å². The highest BCUT2D eigenvalue weighted by Crippen LogP contribution is 2.35. The molecule has 3 aromatic rings. The number of rotatable bonds is 11. The molecular weight excluding hydrogens is 440 g/mol. The summed E-state index contributed by atoms with van der Waals surface area (Å²) in [5.74, 6) is 1.10. The molecule has 3 rings (SSSR count). The number of aromatic nitrogens is 2. The molecule has 34 heavy (non-hydrogen) atoms. The molecule has 1 unspecified atom stereocenters. The van der Waals surface area contributed by atoms with E-state index >= 15 is 0 Å². The number of aryl methyl sites for hydroxylation is 1. The minimum absolute atomic E-state index is 0.0570. The zero-order valence-corrected chi connectivity index (χ0v) is 19.5. The van der Waals surface area contributed by atoms with Gasteiger partial charge < -0.3 is 14.6 Å². The van der Waals surface area contributed by atoms with E-state index in [1.165, 1.54) is 10.7 Å². The summed E-state index contributed by atoms with van der Waals surface area (Å²) in [6.45, 7) is 4.92. The lowest BCUT2D eigenvalue weighted by Gasteiger charge is -2.29. The zero-order valence-electron chi connectivity index (χ0n) is 19.5. The summed E-state index contributed by atoms with van der Waals surface area (Å²) < 4.78 is 40.5. The van der Waals surface area contributed by atoms with Gasteiger partial charge in [-0.2, -0.15) is 5.10 Å². The van der Waals surface area contributed by atoms with Crippen LogP contribution in [-0.4, -0.2) is 51.7 Å². The second-order valence-electron chi connectivity index (χ2n) is 8.20. The number of hydrogen-bond acceptors (Lipinski definition) is 5. The normalized spacial score (nSPS) is 12.2.